The maximum absolute atomic E-state index is 13.2. The molecule has 2 heterocycles. The number of methoxy groups -OCH3 is 2. The number of carbonyl (C=O) groups is 2. The Morgan fingerprint density at radius 2 is 2.03 bits per heavy atom. The van der Waals surface area contributed by atoms with Crippen molar-refractivity contribution in [2.75, 3.05) is 52.4 Å². The monoisotopic (exact) mass is 451 g/mol. The van der Waals surface area contributed by atoms with Crippen LogP contribution in [-0.2, 0) is 19.0 Å². The van der Waals surface area contributed by atoms with E-state index in [4.69, 9.17) is 18.9 Å². The topological polar surface area (TPSA) is 119 Å². The van der Waals surface area contributed by atoms with E-state index in [2.05, 4.69) is 10.6 Å². The van der Waals surface area contributed by atoms with Gasteiger partial charge in [-0.3, -0.25) is 4.79 Å². The molecular formula is C22H33N3O7. The van der Waals surface area contributed by atoms with Gasteiger partial charge in [0, 0.05) is 13.7 Å². The van der Waals surface area contributed by atoms with Crippen LogP contribution in [0.3, 0.4) is 0 Å². The summed E-state index contributed by atoms with van der Waals surface area (Å²) >= 11 is 0. The molecule has 0 unspecified atom stereocenters. The third-order valence-corrected chi connectivity index (χ3v) is 5.63. The molecular weight excluding hydrogens is 418 g/mol. The number of hydrogen-bond acceptors (Lipinski definition) is 7. The van der Waals surface area contributed by atoms with Crippen molar-refractivity contribution >= 4 is 17.6 Å². The van der Waals surface area contributed by atoms with Crippen LogP contribution in [0.15, 0.2) is 24.3 Å². The molecule has 10 heteroatoms. The zero-order valence-electron chi connectivity index (χ0n) is 18.6. The molecule has 3 rings (SSSR count). The van der Waals surface area contributed by atoms with E-state index in [-0.39, 0.29) is 50.3 Å². The van der Waals surface area contributed by atoms with E-state index in [1.165, 1.54) is 0 Å². The molecule has 0 bridgehead atoms. The van der Waals surface area contributed by atoms with Crippen LogP contribution in [0.4, 0.5) is 10.5 Å². The summed E-state index contributed by atoms with van der Waals surface area (Å²) in [6.07, 6.45) is 0.0397. The van der Waals surface area contributed by atoms with Gasteiger partial charge in [0.05, 0.1) is 63.8 Å². The molecule has 10 nitrogen and oxygen atoms in total. The number of fused-ring (bicyclic) bond motifs is 1. The second-order valence-corrected chi connectivity index (χ2v) is 7.96. The smallest absolute Gasteiger partial charge is 0.322 e. The normalized spacial score (nSPS) is 25.8. The molecule has 1 aromatic carbocycles. The number of anilines is 1. The highest BCUT2D eigenvalue weighted by atomic mass is 16.5. The van der Waals surface area contributed by atoms with Gasteiger partial charge in [0.25, 0.3) is 0 Å². The Morgan fingerprint density at radius 3 is 2.81 bits per heavy atom. The highest BCUT2D eigenvalue weighted by Gasteiger charge is 2.40. The van der Waals surface area contributed by atoms with E-state index >= 15 is 0 Å². The Kier molecular flexibility index (Phi) is 9.10. The van der Waals surface area contributed by atoms with Crippen LogP contribution in [0.2, 0.25) is 0 Å². The number of aliphatic hydroxyl groups is 1. The van der Waals surface area contributed by atoms with Crippen molar-refractivity contribution < 1.29 is 33.6 Å². The lowest BCUT2D eigenvalue weighted by atomic mass is 9.95. The summed E-state index contributed by atoms with van der Waals surface area (Å²) in [6.45, 7) is 1.36. The summed E-state index contributed by atoms with van der Waals surface area (Å²) < 4.78 is 22.0. The summed E-state index contributed by atoms with van der Waals surface area (Å²) in [7, 11) is 3.12. The average molecular weight is 452 g/mol. The molecule has 2 aliphatic heterocycles. The number of hydrogen-bond donors (Lipinski definition) is 3. The van der Waals surface area contributed by atoms with E-state index in [0.29, 0.717) is 37.4 Å². The van der Waals surface area contributed by atoms with Gasteiger partial charge < -0.3 is 39.6 Å². The van der Waals surface area contributed by atoms with Gasteiger partial charge in [0.1, 0.15) is 11.9 Å². The number of nitrogens with one attached hydrogen (secondary N) is 2. The van der Waals surface area contributed by atoms with Crippen LogP contribution >= 0.6 is 0 Å². The first kappa shape index (κ1) is 24.2. The molecule has 2 fully saturated rings. The predicted octanol–water partition coefficient (Wildman–Crippen LogP) is 0.989. The van der Waals surface area contributed by atoms with E-state index in [9.17, 15) is 14.7 Å². The number of para-hydroxylation sites is 2. The van der Waals surface area contributed by atoms with E-state index < -0.39 is 12.2 Å². The quantitative estimate of drug-likeness (QED) is 0.529. The first-order chi connectivity index (χ1) is 15.5. The van der Waals surface area contributed by atoms with Gasteiger partial charge in [0.15, 0.2) is 0 Å². The number of benzene rings is 1. The molecule has 0 radical (unpaired) electrons. The Bertz CT molecular complexity index is 763. The molecule has 3 N–H and O–H groups in total. The number of aliphatic hydroxyl groups excluding tert-OH is 1. The summed E-state index contributed by atoms with van der Waals surface area (Å²) in [5.41, 5.74) is 0.548. The largest absolute Gasteiger partial charge is 0.495 e. The van der Waals surface area contributed by atoms with E-state index in [0.717, 1.165) is 0 Å². The third kappa shape index (κ3) is 6.55. The molecule has 2 aliphatic rings. The minimum Gasteiger partial charge on any atom is -0.495 e. The molecule has 0 aliphatic carbocycles. The standard InChI is InChI=1S/C22H33N3O7/c1-29-10-9-23-21(27)11-16-7-8-18-20(32-16)14-31-13-15(26)12-25(18)22(28)24-17-5-3-4-6-19(17)30-2/h3-6,15-16,18,20,26H,7-14H2,1-2H3,(H,23,27)(H,24,28)/t15-,16-,18+,20-/m0/s1. The van der Waals surface area contributed by atoms with Crippen molar-refractivity contribution in [1.82, 2.24) is 10.2 Å². The zero-order valence-corrected chi connectivity index (χ0v) is 18.6. The van der Waals surface area contributed by atoms with E-state index in [1.807, 2.05) is 12.1 Å². The Labute approximate surface area is 188 Å². The van der Waals surface area contributed by atoms with Gasteiger partial charge in [0.2, 0.25) is 5.91 Å². The van der Waals surface area contributed by atoms with Gasteiger partial charge in [-0.05, 0) is 25.0 Å². The van der Waals surface area contributed by atoms with Crippen LogP contribution in [0, 0.1) is 0 Å². The molecule has 0 spiro atoms. The summed E-state index contributed by atoms with van der Waals surface area (Å²) in [5, 5.41) is 16.0. The maximum atomic E-state index is 13.2. The van der Waals surface area contributed by atoms with Crippen LogP contribution in [0.25, 0.3) is 0 Å². The maximum Gasteiger partial charge on any atom is 0.322 e. The summed E-state index contributed by atoms with van der Waals surface area (Å²) in [5.74, 6) is 0.450. The zero-order chi connectivity index (χ0) is 22.9. The van der Waals surface area contributed by atoms with Crippen LogP contribution < -0.4 is 15.4 Å². The SMILES string of the molecule is COCCNC(=O)C[C@@H]1CC[C@@H]2[C@H](COC[C@@H](O)CN2C(=O)Nc2ccccc2OC)O1. The molecule has 0 saturated carbocycles. The van der Waals surface area contributed by atoms with Crippen molar-refractivity contribution in [3.63, 3.8) is 0 Å². The number of urea groups is 1. The fourth-order valence-corrected chi connectivity index (χ4v) is 4.08. The second kappa shape index (κ2) is 12.0. The lowest BCUT2D eigenvalue weighted by Gasteiger charge is -2.44. The van der Waals surface area contributed by atoms with Gasteiger partial charge in [-0.2, -0.15) is 0 Å². The fraction of sp³-hybridized carbons (Fsp3) is 0.636. The van der Waals surface area contributed by atoms with Crippen molar-refractivity contribution in [3.8, 4) is 5.75 Å². The summed E-state index contributed by atoms with van der Waals surface area (Å²) in [4.78, 5) is 26.9. The van der Waals surface area contributed by atoms with Crippen LogP contribution in [0.1, 0.15) is 19.3 Å². The van der Waals surface area contributed by atoms with Crippen LogP contribution in [-0.4, -0.2) is 93.4 Å². The number of carbonyl (C=O) groups excluding carboxylic acids is 2. The molecule has 178 valence electrons. The van der Waals surface area contributed by atoms with Gasteiger partial charge in [-0.1, -0.05) is 12.1 Å². The number of ether oxygens (including phenoxy) is 4. The Balaban J connectivity index is 1.66. The molecule has 4 atom stereocenters. The van der Waals surface area contributed by atoms with Gasteiger partial charge in [-0.15, -0.1) is 0 Å². The van der Waals surface area contributed by atoms with Crippen molar-refractivity contribution in [2.45, 2.75) is 43.6 Å². The minimum absolute atomic E-state index is 0.0987. The van der Waals surface area contributed by atoms with Gasteiger partial charge >= 0.3 is 6.03 Å². The highest BCUT2D eigenvalue weighted by Crippen LogP contribution is 2.29. The van der Waals surface area contributed by atoms with E-state index in [1.54, 1.807) is 31.3 Å². The average Bonchev–Trinajstić information content (AvgIpc) is 2.77. The van der Waals surface area contributed by atoms with Crippen molar-refractivity contribution in [2.24, 2.45) is 0 Å². The minimum atomic E-state index is -0.802. The number of nitrogens with zero attached hydrogens (tertiary/aromatic N) is 1. The highest BCUT2D eigenvalue weighted by molar-refractivity contribution is 5.91. The first-order valence-corrected chi connectivity index (χ1v) is 10.9. The first-order valence-electron chi connectivity index (χ1n) is 10.9. The van der Waals surface area contributed by atoms with Crippen molar-refractivity contribution in [3.05, 3.63) is 24.3 Å². The number of β-amino-alcohol motifs (C(OH)–C–C–N with tert-alkyl or cyclic N) is 1. The molecule has 3 amide bonds. The molecule has 0 aromatic heterocycles. The number of amides is 3. The Hall–Kier alpha value is -2.40. The molecule has 32 heavy (non-hydrogen) atoms. The van der Waals surface area contributed by atoms with Gasteiger partial charge in [-0.25, -0.2) is 4.79 Å². The summed E-state index contributed by atoms with van der Waals surface area (Å²) in [6, 6.07) is 6.52. The van der Waals surface area contributed by atoms with Crippen LogP contribution in [0.5, 0.6) is 5.75 Å². The predicted molar refractivity (Wildman–Crippen MR) is 117 cm³/mol. The second-order valence-electron chi connectivity index (χ2n) is 7.96. The fourth-order valence-electron chi connectivity index (χ4n) is 4.08. The van der Waals surface area contributed by atoms with Crippen molar-refractivity contribution in [1.29, 1.82) is 0 Å². The number of rotatable bonds is 7. The lowest BCUT2D eigenvalue weighted by molar-refractivity contribution is -0.149. The Morgan fingerprint density at radius 1 is 1.22 bits per heavy atom. The molecule has 1 aromatic rings. The third-order valence-electron chi connectivity index (χ3n) is 5.63. The lowest BCUT2D eigenvalue weighted by Crippen LogP contribution is -2.58. The molecule has 2 saturated heterocycles.